The highest BCUT2D eigenvalue weighted by Gasteiger charge is 2.23. The molecular weight excluding hydrogens is 862 g/mol. The number of nitrogens with two attached hydrogens (primary N) is 3. The van der Waals surface area contributed by atoms with Crippen LogP contribution in [0.5, 0.6) is 0 Å². The molecule has 0 radical (unpaired) electrons. The van der Waals surface area contributed by atoms with Gasteiger partial charge in [-0.1, -0.05) is 125 Å². The molecule has 0 aliphatic heterocycles. The number of thioether (sulfide) groups is 1. The average molecular weight is 943 g/mol. The number of hydrogen-bond acceptors (Lipinski definition) is 12. The van der Waals surface area contributed by atoms with Crippen molar-refractivity contribution in [1.82, 2.24) is 31.5 Å². The van der Waals surface area contributed by atoms with Crippen LogP contribution in [0.15, 0.2) is 91.0 Å². The average Bonchev–Trinajstić information content (AvgIpc) is 3.28. The summed E-state index contributed by atoms with van der Waals surface area (Å²) >= 11 is 6.42. The van der Waals surface area contributed by atoms with Crippen molar-refractivity contribution < 1.29 is 40.7 Å². The molecule has 3 rings (SSSR count). The summed E-state index contributed by atoms with van der Waals surface area (Å²) in [7, 11) is 4.25. The lowest BCUT2D eigenvalue weighted by atomic mass is 10.1. The van der Waals surface area contributed by atoms with Crippen LogP contribution in [0, 0.1) is 0 Å². The van der Waals surface area contributed by atoms with Crippen molar-refractivity contribution >= 4 is 51.9 Å². The second-order valence-corrected chi connectivity index (χ2v) is 15.1. The molecule has 3 aromatic rings. The van der Waals surface area contributed by atoms with Crippen molar-refractivity contribution in [3.8, 4) is 0 Å². The summed E-state index contributed by atoms with van der Waals surface area (Å²) in [5.74, 6) is -0.506. The van der Waals surface area contributed by atoms with Gasteiger partial charge in [0.05, 0.1) is 19.4 Å². The Morgan fingerprint density at radius 2 is 1.22 bits per heavy atom. The normalized spacial score (nSPS) is 11.6. The first-order valence-corrected chi connectivity index (χ1v) is 21.5. The number of rotatable bonds is 21. The van der Waals surface area contributed by atoms with E-state index >= 15 is 0 Å². The van der Waals surface area contributed by atoms with Crippen LogP contribution in [0.1, 0.15) is 85.8 Å². The van der Waals surface area contributed by atoms with E-state index in [1.165, 1.54) is 31.2 Å². The topological polar surface area (TPSA) is 288 Å². The second kappa shape index (κ2) is 42.2. The van der Waals surface area contributed by atoms with Crippen LogP contribution in [-0.2, 0) is 34.0 Å². The molecule has 64 heavy (non-hydrogen) atoms. The van der Waals surface area contributed by atoms with Gasteiger partial charge in [0.15, 0.2) is 0 Å². The molecule has 19 heteroatoms. The van der Waals surface area contributed by atoms with E-state index in [9.17, 15) is 24.0 Å². The van der Waals surface area contributed by atoms with Crippen LogP contribution < -0.4 is 43.8 Å². The number of amides is 4. The quantitative estimate of drug-likeness (QED) is 0.0203. The minimum atomic E-state index is -0.948. The maximum Gasteiger partial charge on any atom is 0.328 e. The lowest BCUT2D eigenvalue weighted by molar-refractivity contribution is -0.143. The Morgan fingerprint density at radius 1 is 0.781 bits per heavy atom. The molecule has 0 aliphatic rings. The Morgan fingerprint density at radius 3 is 1.62 bits per heavy atom. The summed E-state index contributed by atoms with van der Waals surface area (Å²) in [6.07, 6.45) is 3.27. The molecule has 364 valence electrons. The van der Waals surface area contributed by atoms with E-state index in [1.54, 1.807) is 7.05 Å². The van der Waals surface area contributed by atoms with Crippen molar-refractivity contribution in [2.45, 2.75) is 112 Å². The minimum Gasteiger partial charge on any atom is -0.480 e. The van der Waals surface area contributed by atoms with Crippen LogP contribution in [0.25, 0.3) is 0 Å². The summed E-state index contributed by atoms with van der Waals surface area (Å²) in [6, 6.07) is 27.4. The van der Waals surface area contributed by atoms with Gasteiger partial charge in [-0.05, 0) is 87.3 Å². The van der Waals surface area contributed by atoms with Gasteiger partial charge in [0.25, 0.3) is 5.24 Å². The van der Waals surface area contributed by atoms with Gasteiger partial charge in [0, 0.05) is 33.8 Å². The molecule has 0 aromatic heterocycles. The molecule has 14 N–H and O–H groups in total. The van der Waals surface area contributed by atoms with E-state index in [2.05, 4.69) is 33.5 Å². The number of benzene rings is 3. The zero-order chi connectivity index (χ0) is 47.8. The zero-order valence-corrected chi connectivity index (χ0v) is 39.2. The number of carbonyl (C=O) groups excluding carboxylic acids is 4. The maximum atomic E-state index is 12.3. The van der Waals surface area contributed by atoms with E-state index in [4.69, 9.17) is 40.0 Å². The van der Waals surface area contributed by atoms with E-state index in [1.807, 2.05) is 105 Å². The Kier molecular flexibility index (Phi) is 41.8. The first-order valence-electron chi connectivity index (χ1n) is 21.1. The number of hydrogen-bond donors (Lipinski definition) is 9. The van der Waals surface area contributed by atoms with Crippen molar-refractivity contribution in [2.75, 3.05) is 33.0 Å². The van der Waals surface area contributed by atoms with E-state index < -0.39 is 29.4 Å². The molecule has 0 heterocycles. The van der Waals surface area contributed by atoms with Crippen LogP contribution in [0.2, 0.25) is 0 Å². The lowest BCUT2D eigenvalue weighted by Crippen LogP contribution is -2.47. The van der Waals surface area contributed by atoms with Gasteiger partial charge in [-0.3, -0.25) is 14.4 Å². The summed E-state index contributed by atoms with van der Waals surface area (Å²) in [5.41, 5.74) is 19.5. The van der Waals surface area contributed by atoms with E-state index in [0.717, 1.165) is 35.3 Å². The third kappa shape index (κ3) is 37.7. The minimum absolute atomic E-state index is 0. The van der Waals surface area contributed by atoms with Gasteiger partial charge < -0.3 is 64.0 Å². The Labute approximate surface area is 392 Å². The van der Waals surface area contributed by atoms with Gasteiger partial charge in [0.1, 0.15) is 12.1 Å². The summed E-state index contributed by atoms with van der Waals surface area (Å²) in [4.78, 5) is 57.4. The van der Waals surface area contributed by atoms with Gasteiger partial charge in [-0.15, -0.1) is 0 Å². The monoisotopic (exact) mass is 942 g/mol. The second-order valence-electron chi connectivity index (χ2n) is 13.7. The molecule has 0 bridgehead atoms. The van der Waals surface area contributed by atoms with Crippen molar-refractivity contribution in [3.05, 3.63) is 108 Å². The van der Waals surface area contributed by atoms with Gasteiger partial charge in [0.2, 0.25) is 0 Å². The molecule has 4 unspecified atom stereocenters. The fraction of sp³-hybridized carbons (Fsp3) is 0.489. The smallest absolute Gasteiger partial charge is 0.328 e. The van der Waals surface area contributed by atoms with Crippen molar-refractivity contribution in [1.29, 1.82) is 0 Å². The van der Waals surface area contributed by atoms with Crippen LogP contribution in [0.3, 0.4) is 0 Å². The highest BCUT2D eigenvalue weighted by Crippen LogP contribution is 2.06. The highest BCUT2D eigenvalue weighted by atomic mass is 35.5. The molecule has 4 amide bonds. The SMILES string of the molecule is C.CC(N)NCCCC(N)C(=O)O.CCCSC(=O)NCc1ccccc1.COC(=O)C(CCCNC(C)N)NC(=O)N(C)Cc1ccccc1.O.O=C(Cl)NCc1ccccc1.[3H]C. The van der Waals surface area contributed by atoms with E-state index in [-0.39, 0.29) is 36.5 Å². The molecule has 0 saturated heterocycles. The Bertz CT molecular complexity index is 1630. The molecular formula is C45H78ClN9O8S. The number of halogens is 1. The van der Waals surface area contributed by atoms with Crippen molar-refractivity contribution in [3.63, 3.8) is 0 Å². The third-order valence-electron chi connectivity index (χ3n) is 8.00. The molecule has 0 spiro atoms. The highest BCUT2D eigenvalue weighted by molar-refractivity contribution is 8.13. The molecule has 0 saturated carbocycles. The predicted octanol–water partition coefficient (Wildman–Crippen LogP) is 5.74. The van der Waals surface area contributed by atoms with Crippen LogP contribution in [-0.4, -0.2) is 101 Å². The van der Waals surface area contributed by atoms with Gasteiger partial charge in [-0.2, -0.15) is 0 Å². The van der Waals surface area contributed by atoms with Crippen LogP contribution >= 0.6 is 23.4 Å². The number of aliphatic carboxylic acids is 1. The molecule has 0 fully saturated rings. The molecule has 3 aromatic carbocycles. The fourth-order valence-corrected chi connectivity index (χ4v) is 5.40. The molecule has 17 nitrogen and oxygen atoms in total. The summed E-state index contributed by atoms with van der Waals surface area (Å²) < 4.78 is 10.5. The summed E-state index contributed by atoms with van der Waals surface area (Å²) in [5, 5.41) is 22.1. The number of carboxylic acid groups (broad SMARTS) is 1. The number of methoxy groups -OCH3 is 1. The number of urea groups is 1. The number of carbonyl (C=O) groups is 5. The molecule has 4 atom stereocenters. The first-order chi connectivity index (χ1) is 30.1. The first kappa shape index (κ1) is 63.5. The Balaban J connectivity index is -0.000000393. The fourth-order valence-electron chi connectivity index (χ4n) is 4.77. The lowest BCUT2D eigenvalue weighted by Gasteiger charge is -2.22. The maximum absolute atomic E-state index is 12.3. The Hall–Kier alpha value is -4.79. The summed E-state index contributed by atoms with van der Waals surface area (Å²) in [6.45, 7) is 8.69. The standard InChI is InChI=1S/C17H28N4O3.C11H15NOS.C8H8ClNO.C7H17N3O2.2CH4.H2O/c1-13(18)19-11-7-10-15(16(22)24-3)20-17(23)21(2)12-14-8-5-4-6-9-14;1-2-8-14-11(13)12-9-10-6-4-3-5-7-10;9-8(11)10-6-7-4-2-1-3-5-7;1-5(8)10-4-2-3-6(9)7(11)12;;;/h4-6,8-9,13,15,19H,7,10-12,18H2,1-3H3,(H,20,23);3-7H,2,8-9H2,1H3,(H,12,13);1-5H,6H2,(H,10,11);5-6,10H,2-4,8-9H2,1H3,(H,11,12);2*1H4;1H2/i;;;;1T;;. The van der Waals surface area contributed by atoms with Crippen LogP contribution in [0.4, 0.5) is 14.4 Å². The largest absolute Gasteiger partial charge is 0.480 e. The number of carboxylic acids is 1. The third-order valence-corrected chi connectivity index (χ3v) is 9.15. The number of nitrogens with zero attached hydrogens (tertiary/aromatic N) is 1. The molecule has 0 aliphatic carbocycles. The number of ether oxygens (including phenoxy) is 1. The predicted molar refractivity (Wildman–Crippen MR) is 263 cm³/mol. The zero-order valence-electron chi connectivity index (χ0n) is 38.6. The van der Waals surface area contributed by atoms with Gasteiger partial charge in [-0.25, -0.2) is 9.59 Å². The van der Waals surface area contributed by atoms with E-state index in [0.29, 0.717) is 52.0 Å². The number of esters is 1. The van der Waals surface area contributed by atoms with Gasteiger partial charge >= 0.3 is 23.3 Å². The number of nitrogens with one attached hydrogen (secondary N) is 5. The van der Waals surface area contributed by atoms with Crippen molar-refractivity contribution in [2.24, 2.45) is 17.2 Å².